The molecule has 196 valence electrons. The molecule has 0 saturated heterocycles. The summed E-state index contributed by atoms with van der Waals surface area (Å²) >= 11 is 0. The van der Waals surface area contributed by atoms with Crippen molar-refractivity contribution in [3.05, 3.63) is 105 Å². The van der Waals surface area contributed by atoms with Gasteiger partial charge in [-0.3, -0.25) is 0 Å². The van der Waals surface area contributed by atoms with E-state index in [1.165, 1.54) is 0 Å². The predicted molar refractivity (Wildman–Crippen MR) is 150 cm³/mol. The number of fused-ring (bicyclic) bond motifs is 8. The Hall–Kier alpha value is -4.14. The first-order valence-electron chi connectivity index (χ1n) is 12.9. The molecule has 2 aromatic carbocycles. The van der Waals surface area contributed by atoms with E-state index in [0.717, 1.165) is 56.4 Å². The van der Waals surface area contributed by atoms with Crippen LogP contribution in [0.15, 0.2) is 60.7 Å². The largest absolute Gasteiger partial charge is 0.507 e. The number of aromatic hydroxyl groups is 2. The molecule has 8 nitrogen and oxygen atoms in total. The second kappa shape index (κ2) is 11.5. The standard InChI is InChI=1S/C30H34N6O2/c1-19-9-21-13-31-17-25-5-3-7-27(35-25)33-15-23-11-20(2)12-24(30(23)38)16-34-28-8-4-6-26(36-28)18-32-14-22(10-19)29(21)37/h3-12,31-32,37-38H,13-18H2,1-2H3,(H,33,35)(H,34,36). The van der Waals surface area contributed by atoms with Gasteiger partial charge in [0.2, 0.25) is 0 Å². The maximum absolute atomic E-state index is 11.0. The van der Waals surface area contributed by atoms with E-state index in [1.54, 1.807) is 0 Å². The number of nitrogens with one attached hydrogen (secondary N) is 4. The van der Waals surface area contributed by atoms with E-state index < -0.39 is 0 Å². The van der Waals surface area contributed by atoms with Crippen LogP contribution in [0.3, 0.4) is 0 Å². The number of benzene rings is 2. The number of nitrogens with zero attached hydrogens (tertiary/aromatic N) is 2. The van der Waals surface area contributed by atoms with Crippen molar-refractivity contribution in [2.75, 3.05) is 10.6 Å². The second-order valence-corrected chi connectivity index (χ2v) is 9.81. The van der Waals surface area contributed by atoms with Crippen molar-refractivity contribution in [1.82, 2.24) is 20.6 Å². The number of pyridine rings is 2. The summed E-state index contributed by atoms with van der Waals surface area (Å²) in [5.74, 6) is 2.05. The third-order valence-corrected chi connectivity index (χ3v) is 6.60. The molecule has 0 fully saturated rings. The van der Waals surface area contributed by atoms with Crippen molar-refractivity contribution in [2.24, 2.45) is 0 Å². The minimum absolute atomic E-state index is 0.268. The van der Waals surface area contributed by atoms with Crippen LogP contribution in [0.1, 0.15) is 44.8 Å². The topological polar surface area (TPSA) is 114 Å². The van der Waals surface area contributed by atoms with Crippen LogP contribution in [0.4, 0.5) is 11.6 Å². The molecule has 0 radical (unpaired) electrons. The maximum Gasteiger partial charge on any atom is 0.126 e. The highest BCUT2D eigenvalue weighted by Gasteiger charge is 2.12. The van der Waals surface area contributed by atoms with Gasteiger partial charge in [0.25, 0.3) is 0 Å². The molecule has 0 aliphatic carbocycles. The fourth-order valence-corrected chi connectivity index (χ4v) is 4.78. The number of aromatic nitrogens is 2. The number of phenols is 2. The fraction of sp³-hybridized carbons (Fsp3) is 0.267. The number of anilines is 2. The van der Waals surface area contributed by atoms with Gasteiger partial charge in [0, 0.05) is 61.5 Å². The molecule has 0 atom stereocenters. The molecule has 0 spiro atoms. The summed E-state index contributed by atoms with van der Waals surface area (Å²) in [6.45, 7) is 7.13. The fourth-order valence-electron chi connectivity index (χ4n) is 4.78. The van der Waals surface area contributed by atoms with E-state index >= 15 is 0 Å². The maximum atomic E-state index is 11.0. The van der Waals surface area contributed by atoms with E-state index in [0.29, 0.717) is 45.0 Å². The number of hydrogen-bond donors (Lipinski definition) is 6. The van der Waals surface area contributed by atoms with Crippen molar-refractivity contribution < 1.29 is 10.2 Å². The van der Waals surface area contributed by atoms with Crippen LogP contribution in [-0.2, 0) is 39.3 Å². The van der Waals surface area contributed by atoms with Gasteiger partial charge in [-0.2, -0.15) is 0 Å². The van der Waals surface area contributed by atoms with Gasteiger partial charge in [-0.15, -0.1) is 0 Å². The van der Waals surface area contributed by atoms with Crippen molar-refractivity contribution in [3.8, 4) is 11.5 Å². The molecule has 0 saturated carbocycles. The van der Waals surface area contributed by atoms with Crippen molar-refractivity contribution in [1.29, 1.82) is 0 Å². The van der Waals surface area contributed by atoms with Crippen LogP contribution in [0, 0.1) is 13.8 Å². The highest BCUT2D eigenvalue weighted by molar-refractivity contribution is 5.48. The van der Waals surface area contributed by atoms with E-state index in [4.69, 9.17) is 9.97 Å². The summed E-state index contributed by atoms with van der Waals surface area (Å²) in [5, 5.41) is 35.4. The molecule has 6 N–H and O–H groups in total. The highest BCUT2D eigenvalue weighted by atomic mass is 16.3. The average Bonchev–Trinajstić information content (AvgIpc) is 2.90. The summed E-state index contributed by atoms with van der Waals surface area (Å²) in [5.41, 5.74) is 7.28. The van der Waals surface area contributed by atoms with Gasteiger partial charge in [-0.25, -0.2) is 9.97 Å². The first-order chi connectivity index (χ1) is 18.4. The molecule has 1 aliphatic heterocycles. The zero-order valence-electron chi connectivity index (χ0n) is 21.8. The Morgan fingerprint density at radius 2 is 0.947 bits per heavy atom. The molecule has 8 bridgehead atoms. The molecule has 4 aromatic rings. The first kappa shape index (κ1) is 25.5. The van der Waals surface area contributed by atoms with Crippen LogP contribution in [0.2, 0.25) is 0 Å². The third-order valence-electron chi connectivity index (χ3n) is 6.60. The lowest BCUT2D eigenvalue weighted by atomic mass is 10.0. The number of phenolic OH excluding ortho intramolecular Hbond substituents is 2. The predicted octanol–water partition coefficient (Wildman–Crippen LogP) is 4.62. The van der Waals surface area contributed by atoms with E-state index in [1.807, 2.05) is 74.5 Å². The normalized spacial score (nSPS) is 14.4. The van der Waals surface area contributed by atoms with Crippen molar-refractivity contribution >= 4 is 11.6 Å². The Morgan fingerprint density at radius 1 is 0.553 bits per heavy atom. The van der Waals surface area contributed by atoms with Gasteiger partial charge >= 0.3 is 0 Å². The van der Waals surface area contributed by atoms with Gasteiger partial charge in [-0.1, -0.05) is 47.5 Å². The van der Waals surface area contributed by atoms with Gasteiger partial charge in [-0.05, 0) is 38.1 Å². The summed E-state index contributed by atoms with van der Waals surface area (Å²) in [7, 11) is 0. The van der Waals surface area contributed by atoms with E-state index in [-0.39, 0.29) is 5.75 Å². The van der Waals surface area contributed by atoms with Crippen molar-refractivity contribution in [2.45, 2.75) is 53.1 Å². The first-order valence-corrected chi connectivity index (χ1v) is 12.9. The van der Waals surface area contributed by atoms with Gasteiger partial charge in [0.15, 0.2) is 0 Å². The summed E-state index contributed by atoms with van der Waals surface area (Å²) in [4.78, 5) is 9.43. The lowest BCUT2D eigenvalue weighted by Gasteiger charge is -2.15. The second-order valence-electron chi connectivity index (χ2n) is 9.81. The van der Waals surface area contributed by atoms with Crippen LogP contribution < -0.4 is 21.3 Å². The number of rotatable bonds is 0. The Labute approximate surface area is 223 Å². The molecule has 5 rings (SSSR count). The molecule has 0 amide bonds. The Balaban J connectivity index is 1.43. The van der Waals surface area contributed by atoms with Crippen molar-refractivity contribution in [3.63, 3.8) is 0 Å². The molecular weight excluding hydrogens is 476 g/mol. The molecule has 38 heavy (non-hydrogen) atoms. The Morgan fingerprint density at radius 3 is 1.37 bits per heavy atom. The SMILES string of the molecule is Cc1cc2c(O)c(c1)CNCc1cccc(n1)NCc1cc(C)cc(c1O)CNc1cccc(n1)CNC2. The minimum Gasteiger partial charge on any atom is -0.507 e. The summed E-state index contributed by atoms with van der Waals surface area (Å²) in [6.07, 6.45) is 0. The smallest absolute Gasteiger partial charge is 0.126 e. The van der Waals surface area contributed by atoms with E-state index in [2.05, 4.69) is 21.3 Å². The molecule has 2 aromatic heterocycles. The number of aryl methyl sites for hydroxylation is 2. The van der Waals surface area contributed by atoms with Crippen LogP contribution in [0.5, 0.6) is 11.5 Å². The minimum atomic E-state index is 0.268. The summed E-state index contributed by atoms with van der Waals surface area (Å²) in [6, 6.07) is 19.7. The third kappa shape index (κ3) is 6.22. The average molecular weight is 511 g/mol. The van der Waals surface area contributed by atoms with Gasteiger partial charge in [0.05, 0.1) is 11.4 Å². The zero-order chi connectivity index (χ0) is 26.5. The zero-order valence-corrected chi connectivity index (χ0v) is 21.8. The molecule has 3 heterocycles. The Kier molecular flexibility index (Phi) is 7.72. The molecule has 8 heteroatoms. The number of hydrogen-bond acceptors (Lipinski definition) is 8. The quantitative estimate of drug-likeness (QED) is 0.203. The van der Waals surface area contributed by atoms with Crippen LogP contribution in [0.25, 0.3) is 0 Å². The van der Waals surface area contributed by atoms with Gasteiger partial charge < -0.3 is 31.5 Å². The molecule has 1 aliphatic rings. The van der Waals surface area contributed by atoms with Crippen LogP contribution in [-0.4, -0.2) is 20.2 Å². The molecular formula is C30H34N6O2. The lowest BCUT2D eigenvalue weighted by molar-refractivity contribution is 0.453. The monoisotopic (exact) mass is 510 g/mol. The summed E-state index contributed by atoms with van der Waals surface area (Å²) < 4.78 is 0. The Bertz CT molecular complexity index is 1340. The van der Waals surface area contributed by atoms with Gasteiger partial charge in [0.1, 0.15) is 23.1 Å². The lowest BCUT2D eigenvalue weighted by Crippen LogP contribution is -2.17. The highest BCUT2D eigenvalue weighted by Crippen LogP contribution is 2.27. The van der Waals surface area contributed by atoms with E-state index in [9.17, 15) is 10.2 Å². The van der Waals surface area contributed by atoms with Crippen LogP contribution >= 0.6 is 0 Å². The molecule has 0 unspecified atom stereocenters.